The summed E-state index contributed by atoms with van der Waals surface area (Å²) in [6.07, 6.45) is 1.95. The average Bonchev–Trinajstić information content (AvgIpc) is 2.85. The third-order valence-corrected chi connectivity index (χ3v) is 5.98. The lowest BCUT2D eigenvalue weighted by atomic mass is 10.1. The van der Waals surface area contributed by atoms with Crippen LogP contribution in [0.2, 0.25) is 10.0 Å². The van der Waals surface area contributed by atoms with Gasteiger partial charge in [0.1, 0.15) is 5.70 Å². The molecule has 0 atom stereocenters. The van der Waals surface area contributed by atoms with Crippen LogP contribution in [0.4, 0.5) is 0 Å². The molecule has 0 aliphatic carbocycles. The van der Waals surface area contributed by atoms with Gasteiger partial charge in [-0.2, -0.15) is 4.91 Å². The van der Waals surface area contributed by atoms with E-state index in [2.05, 4.69) is 28.4 Å². The molecule has 0 unspecified atom stereocenters. The molecular formula is C26H31Cl2N5O2. The molecule has 9 heteroatoms. The van der Waals surface area contributed by atoms with Gasteiger partial charge in [0.15, 0.2) is 5.82 Å². The molecule has 7 nitrogen and oxygen atoms in total. The number of aliphatic imine (C=N–C) groups is 1. The normalized spacial score (nSPS) is 11.3. The van der Waals surface area contributed by atoms with Crippen molar-refractivity contribution in [1.82, 2.24) is 14.7 Å². The third kappa shape index (κ3) is 8.53. The molecule has 0 aliphatic rings. The van der Waals surface area contributed by atoms with E-state index in [1.165, 1.54) is 4.90 Å². The number of benzene rings is 2. The highest BCUT2D eigenvalue weighted by atomic mass is 35.5. The molecule has 0 radical (unpaired) electrons. The molecule has 2 aromatic carbocycles. The minimum Gasteiger partial charge on any atom is -0.373 e. The Balaban J connectivity index is 2.51. The second-order valence-corrected chi connectivity index (χ2v) is 8.92. The van der Waals surface area contributed by atoms with Crippen molar-refractivity contribution in [3.8, 4) is 0 Å². The fourth-order valence-electron chi connectivity index (χ4n) is 3.58. The molecule has 1 amide bonds. The van der Waals surface area contributed by atoms with E-state index in [0.717, 1.165) is 11.1 Å². The van der Waals surface area contributed by atoms with Crippen LogP contribution in [0.3, 0.4) is 0 Å². The van der Waals surface area contributed by atoms with Gasteiger partial charge < -0.3 is 14.7 Å². The first-order chi connectivity index (χ1) is 16.8. The summed E-state index contributed by atoms with van der Waals surface area (Å²) in [5.41, 5.74) is 3.40. The summed E-state index contributed by atoms with van der Waals surface area (Å²) in [7, 11) is 3.50. The average molecular weight is 516 g/mol. The number of rotatable bonds is 15. The number of carbonyl (C=O) groups is 1. The van der Waals surface area contributed by atoms with Crippen molar-refractivity contribution in [2.75, 3.05) is 33.7 Å². The molecule has 186 valence electrons. The number of halogens is 2. The minimum atomic E-state index is 0.209. The maximum absolute atomic E-state index is 11.7. The summed E-state index contributed by atoms with van der Waals surface area (Å²) in [4.78, 5) is 31.9. The van der Waals surface area contributed by atoms with Gasteiger partial charge in [0, 0.05) is 43.8 Å². The molecule has 2 rings (SSSR count). The Labute approximate surface area is 217 Å². The largest absolute Gasteiger partial charge is 0.373 e. The van der Waals surface area contributed by atoms with Crippen LogP contribution in [0, 0.1) is 4.91 Å². The highest BCUT2D eigenvalue weighted by Gasteiger charge is 2.23. The van der Waals surface area contributed by atoms with Crippen LogP contribution in [-0.2, 0) is 17.8 Å². The number of hydrogen-bond donors (Lipinski definition) is 0. The summed E-state index contributed by atoms with van der Waals surface area (Å²) < 4.78 is 0. The van der Waals surface area contributed by atoms with Gasteiger partial charge in [0.05, 0.1) is 12.2 Å². The van der Waals surface area contributed by atoms with Crippen molar-refractivity contribution in [3.63, 3.8) is 0 Å². The zero-order valence-corrected chi connectivity index (χ0v) is 21.7. The molecule has 0 N–H and O–H groups in total. The summed E-state index contributed by atoms with van der Waals surface area (Å²) in [6, 6.07) is 15.3. The Bertz CT molecular complexity index is 1060. The Morgan fingerprint density at radius 3 is 2.34 bits per heavy atom. The lowest BCUT2D eigenvalue weighted by Crippen LogP contribution is -2.34. The van der Waals surface area contributed by atoms with Crippen molar-refractivity contribution >= 4 is 36.3 Å². The van der Waals surface area contributed by atoms with Crippen LogP contribution in [-0.4, -0.2) is 61.6 Å². The molecule has 0 spiro atoms. The second-order valence-electron chi connectivity index (χ2n) is 8.05. The van der Waals surface area contributed by atoms with Crippen molar-refractivity contribution in [2.45, 2.75) is 19.4 Å². The number of hydrogen-bond acceptors (Lipinski definition) is 6. The number of likely N-dealkylation sites (N-methyl/N-ethyl adjacent to an activating group) is 1. The molecule has 0 heterocycles. The van der Waals surface area contributed by atoms with E-state index < -0.39 is 0 Å². The van der Waals surface area contributed by atoms with Crippen molar-refractivity contribution in [1.29, 1.82) is 0 Å². The summed E-state index contributed by atoms with van der Waals surface area (Å²) >= 11 is 12.3. The van der Waals surface area contributed by atoms with Crippen LogP contribution >= 0.6 is 23.2 Å². The van der Waals surface area contributed by atoms with Crippen LogP contribution < -0.4 is 0 Å². The summed E-state index contributed by atoms with van der Waals surface area (Å²) in [5.74, 6) is 0.380. The van der Waals surface area contributed by atoms with E-state index in [4.69, 9.17) is 23.2 Å². The lowest BCUT2D eigenvalue weighted by Gasteiger charge is -2.35. The Kier molecular flexibility index (Phi) is 11.5. The van der Waals surface area contributed by atoms with Gasteiger partial charge in [-0.1, -0.05) is 59.2 Å². The SMILES string of the molecule is C=N/C(=C(/C(=C)N(C)CCCN=O)N(CCc1cccc(Cl)c1)Cc1ccc(Cl)cc1)N(C)C=O. The molecule has 0 aromatic heterocycles. The van der Waals surface area contributed by atoms with Gasteiger partial charge in [-0.15, -0.1) is 0 Å². The molecule has 35 heavy (non-hydrogen) atoms. The predicted octanol–water partition coefficient (Wildman–Crippen LogP) is 5.60. The van der Waals surface area contributed by atoms with Crippen molar-refractivity contribution < 1.29 is 4.79 Å². The number of nitroso groups, excluding NO2 is 1. The summed E-state index contributed by atoms with van der Waals surface area (Å²) in [5, 5.41) is 4.26. The smallest absolute Gasteiger partial charge is 0.215 e. The predicted molar refractivity (Wildman–Crippen MR) is 144 cm³/mol. The number of amides is 1. The quantitative estimate of drug-likeness (QED) is 0.102. The fourth-order valence-corrected chi connectivity index (χ4v) is 3.92. The highest BCUT2D eigenvalue weighted by molar-refractivity contribution is 6.30. The molecule has 2 aromatic rings. The molecule has 0 saturated carbocycles. The molecule has 0 saturated heterocycles. The highest BCUT2D eigenvalue weighted by Crippen LogP contribution is 2.26. The van der Waals surface area contributed by atoms with Gasteiger partial charge in [0.2, 0.25) is 6.41 Å². The lowest BCUT2D eigenvalue weighted by molar-refractivity contribution is -0.115. The molecular weight excluding hydrogens is 485 g/mol. The molecule has 0 fully saturated rings. The minimum absolute atomic E-state index is 0.209. The Morgan fingerprint density at radius 1 is 1.03 bits per heavy atom. The van der Waals surface area contributed by atoms with Gasteiger partial charge in [-0.25, -0.2) is 4.99 Å². The van der Waals surface area contributed by atoms with E-state index in [-0.39, 0.29) is 6.54 Å². The number of nitrogens with zero attached hydrogens (tertiary/aromatic N) is 5. The summed E-state index contributed by atoms with van der Waals surface area (Å²) in [6.45, 7) is 9.90. The molecule has 0 aliphatic heterocycles. The van der Waals surface area contributed by atoms with Gasteiger partial charge >= 0.3 is 0 Å². The third-order valence-electron chi connectivity index (χ3n) is 5.49. The second kappa shape index (κ2) is 14.3. The van der Waals surface area contributed by atoms with Gasteiger partial charge in [0.25, 0.3) is 0 Å². The first-order valence-electron chi connectivity index (χ1n) is 11.1. The van der Waals surface area contributed by atoms with Crippen LogP contribution in [0.5, 0.6) is 0 Å². The standard InChI is InChI=1S/C26H31Cl2N5O2/c1-20(31(3)15-6-14-30-35)25(26(29-2)32(4)19-34)33(18-22-9-11-23(27)12-10-22)16-13-21-7-5-8-24(28)17-21/h5,7-12,17,19H,1-2,6,13-16,18H2,3-4H3/b26-25+. The zero-order chi connectivity index (χ0) is 25.8. The van der Waals surface area contributed by atoms with E-state index in [1.807, 2.05) is 60.5 Å². The van der Waals surface area contributed by atoms with Gasteiger partial charge in [-0.3, -0.25) is 4.79 Å². The van der Waals surface area contributed by atoms with E-state index in [0.29, 0.717) is 66.1 Å². The maximum Gasteiger partial charge on any atom is 0.215 e. The topological polar surface area (TPSA) is 68.6 Å². The first-order valence-corrected chi connectivity index (χ1v) is 11.9. The van der Waals surface area contributed by atoms with Crippen LogP contribution in [0.1, 0.15) is 17.5 Å². The first kappa shape index (κ1) is 28.1. The maximum atomic E-state index is 11.7. The van der Waals surface area contributed by atoms with Crippen LogP contribution in [0.15, 0.2) is 82.5 Å². The Hall–Kier alpha value is -3.16. The molecule has 0 bridgehead atoms. The number of carbonyl (C=O) groups excluding carboxylic acids is 1. The van der Waals surface area contributed by atoms with E-state index in [1.54, 1.807) is 7.05 Å². The van der Waals surface area contributed by atoms with Crippen molar-refractivity contribution in [3.05, 3.63) is 98.4 Å². The fraction of sp³-hybridized carbons (Fsp3) is 0.308. The van der Waals surface area contributed by atoms with Gasteiger partial charge in [-0.05, 0) is 55.0 Å². The monoisotopic (exact) mass is 515 g/mol. The van der Waals surface area contributed by atoms with E-state index >= 15 is 0 Å². The van der Waals surface area contributed by atoms with Crippen LogP contribution in [0.25, 0.3) is 0 Å². The van der Waals surface area contributed by atoms with E-state index in [9.17, 15) is 9.70 Å². The van der Waals surface area contributed by atoms with Crippen molar-refractivity contribution in [2.24, 2.45) is 10.2 Å². The Morgan fingerprint density at radius 2 is 1.74 bits per heavy atom. The zero-order valence-electron chi connectivity index (χ0n) is 20.2.